The lowest BCUT2D eigenvalue weighted by molar-refractivity contribution is 0.0655. The van der Waals surface area contributed by atoms with E-state index in [9.17, 15) is 5.11 Å². The van der Waals surface area contributed by atoms with Crippen molar-refractivity contribution < 1.29 is 9.53 Å². The van der Waals surface area contributed by atoms with Gasteiger partial charge in [-0.25, -0.2) is 0 Å². The van der Waals surface area contributed by atoms with Crippen molar-refractivity contribution in [3.05, 3.63) is 41.0 Å². The van der Waals surface area contributed by atoms with Gasteiger partial charge in [0, 0.05) is 12.5 Å². The molecule has 5 atom stereocenters. The summed E-state index contributed by atoms with van der Waals surface area (Å²) in [5.74, 6) is 3.62. The predicted molar refractivity (Wildman–Crippen MR) is 129 cm³/mol. The maximum atomic E-state index is 9.77. The van der Waals surface area contributed by atoms with E-state index < -0.39 is 8.32 Å². The first kappa shape index (κ1) is 22.1. The Morgan fingerprint density at radius 2 is 1.97 bits per heavy atom. The summed E-state index contributed by atoms with van der Waals surface area (Å²) in [5.41, 5.74) is 4.97. The molecule has 30 heavy (non-hydrogen) atoms. The molecule has 3 aliphatic carbocycles. The standard InChI is InChI=1S/C27H42O2Si/c1-18(17-28)24-12-13-25-23-10-8-19-16-20(29-30(6,7)26(2,3)4)9-11-21(19)22(23)14-15-27(24,25)5/h9,11-12,16,18,22-23,25,28H,8,10,13-15,17H2,1-7H3/t18-,22-,23-,25+,27-/m1/s1. The van der Waals surface area contributed by atoms with Crippen molar-refractivity contribution in [2.75, 3.05) is 6.61 Å². The second-order valence-electron chi connectivity index (χ2n) is 12.1. The van der Waals surface area contributed by atoms with Gasteiger partial charge in [-0.3, -0.25) is 0 Å². The van der Waals surface area contributed by atoms with Gasteiger partial charge in [0.25, 0.3) is 0 Å². The maximum Gasteiger partial charge on any atom is 0.250 e. The molecule has 0 radical (unpaired) electrons. The molecule has 1 saturated carbocycles. The number of allylic oxidation sites excluding steroid dienone is 1. The quantitative estimate of drug-likeness (QED) is 0.411. The number of benzene rings is 1. The molecule has 0 heterocycles. The maximum absolute atomic E-state index is 9.77. The molecule has 0 amide bonds. The molecule has 166 valence electrons. The third kappa shape index (κ3) is 3.50. The second-order valence-corrected chi connectivity index (χ2v) is 16.8. The van der Waals surface area contributed by atoms with E-state index >= 15 is 0 Å². The van der Waals surface area contributed by atoms with Crippen molar-refractivity contribution in [3.8, 4) is 5.75 Å². The zero-order chi connectivity index (χ0) is 21.9. The SMILES string of the molecule is C[C@H](CO)C1=CC[C@H]2[C@@H]3CCc4cc(O[Si](C)(C)C(C)(C)C)ccc4[C@H]3CC[C@]12C. The van der Waals surface area contributed by atoms with Crippen LogP contribution in [0, 0.1) is 23.2 Å². The monoisotopic (exact) mass is 426 g/mol. The van der Waals surface area contributed by atoms with Crippen LogP contribution in [0.2, 0.25) is 18.1 Å². The van der Waals surface area contributed by atoms with E-state index in [2.05, 4.69) is 72.0 Å². The smallest absolute Gasteiger partial charge is 0.250 e. The van der Waals surface area contributed by atoms with Crippen LogP contribution >= 0.6 is 0 Å². The Morgan fingerprint density at radius 1 is 1.23 bits per heavy atom. The topological polar surface area (TPSA) is 29.5 Å². The van der Waals surface area contributed by atoms with Gasteiger partial charge in [0.15, 0.2) is 0 Å². The second kappa shape index (κ2) is 7.51. The van der Waals surface area contributed by atoms with Crippen LogP contribution in [0.25, 0.3) is 0 Å². The van der Waals surface area contributed by atoms with Crippen molar-refractivity contribution in [1.29, 1.82) is 0 Å². The van der Waals surface area contributed by atoms with Gasteiger partial charge in [-0.15, -0.1) is 0 Å². The highest BCUT2D eigenvalue weighted by molar-refractivity contribution is 6.74. The first-order valence-corrected chi connectivity index (χ1v) is 15.0. The van der Waals surface area contributed by atoms with Gasteiger partial charge in [-0.2, -0.15) is 0 Å². The van der Waals surface area contributed by atoms with Gasteiger partial charge in [-0.1, -0.05) is 52.3 Å². The number of aliphatic hydroxyl groups excluding tert-OH is 1. The van der Waals surface area contributed by atoms with Crippen molar-refractivity contribution >= 4 is 8.32 Å². The molecular weight excluding hydrogens is 384 g/mol. The van der Waals surface area contributed by atoms with E-state index in [4.69, 9.17) is 4.43 Å². The molecule has 1 aromatic carbocycles. The fourth-order valence-corrected chi connectivity index (χ4v) is 7.56. The van der Waals surface area contributed by atoms with Crippen LogP contribution in [0.15, 0.2) is 29.8 Å². The molecule has 0 aromatic heterocycles. The van der Waals surface area contributed by atoms with Crippen molar-refractivity contribution in [1.82, 2.24) is 0 Å². The summed E-state index contributed by atoms with van der Waals surface area (Å²) in [7, 11) is -1.80. The van der Waals surface area contributed by atoms with Crippen LogP contribution in [-0.2, 0) is 6.42 Å². The van der Waals surface area contributed by atoms with E-state index in [0.717, 1.165) is 17.6 Å². The Balaban J connectivity index is 1.56. The first-order valence-electron chi connectivity index (χ1n) is 12.1. The van der Waals surface area contributed by atoms with E-state index in [1.165, 1.54) is 43.2 Å². The third-order valence-electron chi connectivity index (χ3n) is 9.32. The van der Waals surface area contributed by atoms with Crippen molar-refractivity contribution in [2.45, 2.75) is 90.8 Å². The molecule has 1 aromatic rings. The molecule has 0 unspecified atom stereocenters. The number of rotatable bonds is 4. The molecule has 0 aliphatic heterocycles. The van der Waals surface area contributed by atoms with Crippen LogP contribution in [-0.4, -0.2) is 20.0 Å². The summed E-state index contributed by atoms with van der Waals surface area (Å²) in [6, 6.07) is 7.02. The van der Waals surface area contributed by atoms with E-state index in [0.29, 0.717) is 17.3 Å². The Kier molecular flexibility index (Phi) is 5.55. The molecular formula is C27H42O2Si. The number of fused-ring (bicyclic) bond motifs is 5. The molecule has 3 aliphatic rings. The van der Waals surface area contributed by atoms with Crippen LogP contribution < -0.4 is 4.43 Å². The number of hydrogen-bond acceptors (Lipinski definition) is 2. The molecule has 1 N–H and O–H groups in total. The van der Waals surface area contributed by atoms with Crippen LogP contribution in [0.4, 0.5) is 0 Å². The number of hydrogen-bond donors (Lipinski definition) is 1. The zero-order valence-corrected chi connectivity index (χ0v) is 21.2. The largest absolute Gasteiger partial charge is 0.543 e. The molecule has 0 spiro atoms. The summed E-state index contributed by atoms with van der Waals surface area (Å²) in [6.07, 6.45) is 8.72. The van der Waals surface area contributed by atoms with Crippen molar-refractivity contribution in [3.63, 3.8) is 0 Å². The van der Waals surface area contributed by atoms with Gasteiger partial charge < -0.3 is 9.53 Å². The van der Waals surface area contributed by atoms with Gasteiger partial charge >= 0.3 is 0 Å². The molecule has 0 bridgehead atoms. The molecule has 1 fully saturated rings. The van der Waals surface area contributed by atoms with Gasteiger partial charge in [-0.05, 0) is 96.7 Å². The Labute approximate surface area is 185 Å². The van der Waals surface area contributed by atoms with E-state index in [1.807, 2.05) is 0 Å². The third-order valence-corrected chi connectivity index (χ3v) is 13.7. The summed E-state index contributed by atoms with van der Waals surface area (Å²) in [6.45, 7) is 16.6. The minimum Gasteiger partial charge on any atom is -0.543 e. The van der Waals surface area contributed by atoms with Gasteiger partial charge in [0.05, 0.1) is 0 Å². The van der Waals surface area contributed by atoms with Crippen LogP contribution in [0.5, 0.6) is 5.75 Å². The highest BCUT2D eigenvalue weighted by Gasteiger charge is 2.52. The Morgan fingerprint density at radius 3 is 2.63 bits per heavy atom. The fourth-order valence-electron chi connectivity index (χ4n) is 6.53. The average molecular weight is 427 g/mol. The summed E-state index contributed by atoms with van der Waals surface area (Å²) in [4.78, 5) is 0. The molecule has 2 nitrogen and oxygen atoms in total. The van der Waals surface area contributed by atoms with Gasteiger partial charge in [0.1, 0.15) is 5.75 Å². The van der Waals surface area contributed by atoms with E-state index in [-0.39, 0.29) is 11.6 Å². The number of aryl methyl sites for hydroxylation is 1. The highest BCUT2D eigenvalue weighted by Crippen LogP contribution is 2.62. The number of aliphatic hydroxyl groups is 1. The average Bonchev–Trinajstić information content (AvgIpc) is 3.03. The highest BCUT2D eigenvalue weighted by atomic mass is 28.4. The fraction of sp³-hybridized carbons (Fsp3) is 0.704. The minimum absolute atomic E-state index is 0.223. The zero-order valence-electron chi connectivity index (χ0n) is 20.2. The lowest BCUT2D eigenvalue weighted by atomic mass is 9.53. The summed E-state index contributed by atoms with van der Waals surface area (Å²) >= 11 is 0. The predicted octanol–water partition coefficient (Wildman–Crippen LogP) is 7.09. The summed E-state index contributed by atoms with van der Waals surface area (Å²) in [5, 5.41) is 9.99. The first-order chi connectivity index (χ1) is 14.0. The van der Waals surface area contributed by atoms with Crippen LogP contribution in [0.3, 0.4) is 0 Å². The normalized spacial score (nSPS) is 32.0. The van der Waals surface area contributed by atoms with E-state index in [1.54, 1.807) is 5.56 Å². The molecule has 0 saturated heterocycles. The summed E-state index contributed by atoms with van der Waals surface area (Å²) < 4.78 is 6.61. The Bertz CT molecular complexity index is 834. The Hall–Kier alpha value is -1.06. The lowest BCUT2D eigenvalue weighted by Gasteiger charge is -2.51. The van der Waals surface area contributed by atoms with Crippen LogP contribution in [0.1, 0.15) is 77.3 Å². The lowest BCUT2D eigenvalue weighted by Crippen LogP contribution is -2.44. The van der Waals surface area contributed by atoms with Gasteiger partial charge in [0.2, 0.25) is 8.32 Å². The molecule has 4 rings (SSSR count). The minimum atomic E-state index is -1.80. The molecule has 3 heteroatoms. The van der Waals surface area contributed by atoms with Crippen molar-refractivity contribution in [2.24, 2.45) is 23.2 Å².